The first-order chi connectivity index (χ1) is 30.7. The van der Waals surface area contributed by atoms with E-state index in [-0.39, 0.29) is 67.2 Å². The molecule has 3 heterocycles. The lowest BCUT2D eigenvalue weighted by Gasteiger charge is -2.22. The number of hydrogen-bond donors (Lipinski definition) is 5. The van der Waals surface area contributed by atoms with E-state index < -0.39 is 29.8 Å². The number of para-hydroxylation sites is 1. The van der Waals surface area contributed by atoms with Crippen molar-refractivity contribution in [3.05, 3.63) is 83.8 Å². The number of aliphatic imine (C=N–C) groups is 1. The Morgan fingerprint density at radius 3 is 2.22 bits per heavy atom. The minimum atomic E-state index is -0.935. The molecule has 19 heteroatoms. The van der Waals surface area contributed by atoms with Crippen molar-refractivity contribution in [1.82, 2.24) is 20.2 Å². The quantitative estimate of drug-likeness (QED) is 0.0652. The first-order valence-corrected chi connectivity index (χ1v) is 20.8. The van der Waals surface area contributed by atoms with Gasteiger partial charge in [0.25, 0.3) is 11.8 Å². The highest BCUT2D eigenvalue weighted by Crippen LogP contribution is 2.41. The molecule has 5 N–H and O–H groups in total. The van der Waals surface area contributed by atoms with Gasteiger partial charge in [0, 0.05) is 68.3 Å². The third kappa shape index (κ3) is 11.5. The van der Waals surface area contributed by atoms with Crippen molar-refractivity contribution >= 4 is 76.2 Å². The topological polar surface area (TPSA) is 241 Å². The van der Waals surface area contributed by atoms with Crippen molar-refractivity contribution in [2.24, 2.45) is 12.0 Å². The van der Waals surface area contributed by atoms with Gasteiger partial charge in [-0.25, -0.2) is 4.98 Å². The van der Waals surface area contributed by atoms with Gasteiger partial charge in [-0.15, -0.1) is 0 Å². The molecule has 2 aliphatic rings. The number of anilines is 4. The van der Waals surface area contributed by atoms with Crippen LogP contribution in [0.15, 0.2) is 71.9 Å². The number of hydrogen-bond acceptors (Lipinski definition) is 12. The van der Waals surface area contributed by atoms with Crippen molar-refractivity contribution in [1.29, 1.82) is 0 Å². The number of methoxy groups -OCH3 is 2. The second kappa shape index (κ2) is 21.0. The fourth-order valence-corrected chi connectivity index (χ4v) is 7.06. The van der Waals surface area contributed by atoms with Crippen LogP contribution >= 0.6 is 0 Å². The predicted molar refractivity (Wildman–Crippen MR) is 237 cm³/mol. The highest BCUT2D eigenvalue weighted by atomic mass is 16.5. The summed E-state index contributed by atoms with van der Waals surface area (Å²) < 4.78 is 17.6. The van der Waals surface area contributed by atoms with Gasteiger partial charge in [-0.3, -0.25) is 43.5 Å². The lowest BCUT2D eigenvalue weighted by atomic mass is 10.1. The van der Waals surface area contributed by atoms with Crippen molar-refractivity contribution in [2.45, 2.75) is 76.9 Å². The molecule has 6 rings (SSSR count). The molecule has 0 saturated carbocycles. The summed E-state index contributed by atoms with van der Waals surface area (Å²) in [7, 11) is 4.40. The number of ether oxygens (including phenoxy) is 3. The van der Waals surface area contributed by atoms with E-state index >= 15 is 0 Å². The number of carbonyl (C=O) groups is 7. The molecular weight excluding hydrogens is 827 g/mol. The molecule has 1 aromatic heterocycles. The summed E-state index contributed by atoms with van der Waals surface area (Å²) >= 11 is 0. The minimum absolute atomic E-state index is 0.0330. The van der Waals surface area contributed by atoms with Crippen LogP contribution in [-0.2, 0) is 42.2 Å². The molecule has 3 aromatic carbocycles. The Balaban J connectivity index is 0.921. The largest absolute Gasteiger partial charge is 0.493 e. The second-order valence-corrected chi connectivity index (χ2v) is 15.3. The maximum atomic E-state index is 13.7. The number of benzene rings is 3. The van der Waals surface area contributed by atoms with E-state index in [0.717, 1.165) is 11.3 Å². The Labute approximate surface area is 369 Å². The standard InChI is InChI=1S/C45H51N9O10/c1-26(47-38(55)13-8-9-15-40(57)63-5)42(58)48-27(2)43(59)49-29-16-18-30(19-17-29)50-44(60)41-52-37(25-53(41)3)51-39(56)14-10-20-64-36-23-33-32(22-35(36)62-4)45(61)54-31(24-46-33)21-28-11-6-7-12-34(28)54/h6-7,11-12,16-19,22-27,31H,8-10,13-15,20-21H2,1-5H3,(H,47,55)(H,48,58)(H,49,59)(H,50,60)(H,51,56)/t26-,27-,31-/m0/s1. The Morgan fingerprint density at radius 1 is 0.797 bits per heavy atom. The molecule has 19 nitrogen and oxygen atoms in total. The Morgan fingerprint density at radius 2 is 1.48 bits per heavy atom. The average molecular weight is 878 g/mol. The third-order valence-electron chi connectivity index (χ3n) is 10.5. The lowest BCUT2D eigenvalue weighted by molar-refractivity contribution is -0.140. The number of nitrogens with zero attached hydrogens (tertiary/aromatic N) is 4. The summed E-state index contributed by atoms with van der Waals surface area (Å²) in [6, 6.07) is 15.4. The summed E-state index contributed by atoms with van der Waals surface area (Å²) in [5.74, 6) is -1.85. The normalized spacial score (nSPS) is 14.4. The van der Waals surface area contributed by atoms with E-state index in [0.29, 0.717) is 59.8 Å². The van der Waals surface area contributed by atoms with Crippen LogP contribution in [0.4, 0.5) is 28.6 Å². The van der Waals surface area contributed by atoms with Crippen molar-refractivity contribution in [2.75, 3.05) is 41.7 Å². The summed E-state index contributed by atoms with van der Waals surface area (Å²) in [5.41, 5.74) is 3.63. The lowest BCUT2D eigenvalue weighted by Crippen LogP contribution is -2.50. The monoisotopic (exact) mass is 877 g/mol. The number of nitrogens with one attached hydrogen (secondary N) is 5. The Bertz CT molecular complexity index is 2450. The maximum Gasteiger partial charge on any atom is 0.305 e. The van der Waals surface area contributed by atoms with Crippen LogP contribution < -0.4 is 41.0 Å². The van der Waals surface area contributed by atoms with E-state index in [4.69, 9.17) is 9.47 Å². The van der Waals surface area contributed by atoms with Crippen molar-refractivity contribution in [3.8, 4) is 11.5 Å². The summed E-state index contributed by atoms with van der Waals surface area (Å²) in [6.45, 7) is 3.17. The molecule has 0 unspecified atom stereocenters. The number of aryl methyl sites for hydroxylation is 1. The summed E-state index contributed by atoms with van der Waals surface area (Å²) in [4.78, 5) is 99.1. The van der Waals surface area contributed by atoms with Crippen LogP contribution in [0.3, 0.4) is 0 Å². The van der Waals surface area contributed by atoms with Crippen LogP contribution in [0.2, 0.25) is 0 Å². The molecule has 0 bridgehead atoms. The van der Waals surface area contributed by atoms with Crippen LogP contribution in [0.5, 0.6) is 11.5 Å². The first kappa shape index (κ1) is 45.9. The fourth-order valence-electron chi connectivity index (χ4n) is 7.06. The number of rotatable bonds is 19. The number of unbranched alkanes of at least 4 members (excludes halogenated alkanes) is 1. The number of fused-ring (bicyclic) bond motifs is 4. The highest BCUT2D eigenvalue weighted by Gasteiger charge is 2.36. The van der Waals surface area contributed by atoms with E-state index in [1.807, 2.05) is 24.3 Å². The van der Waals surface area contributed by atoms with Crippen LogP contribution in [0, 0.1) is 0 Å². The van der Waals surface area contributed by atoms with Gasteiger partial charge in [-0.2, -0.15) is 0 Å². The Kier molecular flexibility index (Phi) is 15.1. The zero-order chi connectivity index (χ0) is 45.9. The molecule has 64 heavy (non-hydrogen) atoms. The number of imidazole rings is 1. The molecule has 3 atom stereocenters. The maximum absolute atomic E-state index is 13.7. The van der Waals surface area contributed by atoms with Crippen molar-refractivity contribution < 1.29 is 47.8 Å². The Hall–Kier alpha value is -7.57. The molecule has 0 spiro atoms. The van der Waals surface area contributed by atoms with Crippen molar-refractivity contribution in [3.63, 3.8) is 0 Å². The van der Waals surface area contributed by atoms with E-state index in [1.165, 1.54) is 38.8 Å². The molecule has 0 aliphatic carbocycles. The number of amides is 6. The zero-order valence-electron chi connectivity index (χ0n) is 36.2. The van der Waals surface area contributed by atoms with Crippen LogP contribution in [0.25, 0.3) is 0 Å². The number of esters is 1. The summed E-state index contributed by atoms with van der Waals surface area (Å²) in [6.07, 6.45) is 5.67. The van der Waals surface area contributed by atoms with Gasteiger partial charge in [0.05, 0.1) is 38.1 Å². The SMILES string of the molecule is COC(=O)CCCCC(=O)N[C@@H](C)C(=O)N[C@@H](C)C(=O)Nc1ccc(NC(=O)c2nc(NC(=O)CCCOc3cc4c(cc3OC)C(=O)N3c5ccccc5C[C@H]3C=N4)cn2C)cc1. The molecule has 0 fully saturated rings. The van der Waals surface area contributed by atoms with Gasteiger partial charge in [-0.05, 0) is 75.1 Å². The smallest absolute Gasteiger partial charge is 0.305 e. The first-order valence-electron chi connectivity index (χ1n) is 20.8. The molecule has 6 amide bonds. The molecule has 0 saturated heterocycles. The summed E-state index contributed by atoms with van der Waals surface area (Å²) in [5, 5.41) is 13.3. The number of aromatic nitrogens is 2. The third-order valence-corrected chi connectivity index (χ3v) is 10.5. The zero-order valence-corrected chi connectivity index (χ0v) is 36.2. The van der Waals surface area contributed by atoms with Gasteiger partial charge in [0.2, 0.25) is 29.5 Å². The van der Waals surface area contributed by atoms with E-state index in [2.05, 4.69) is 41.3 Å². The minimum Gasteiger partial charge on any atom is -0.493 e. The van der Waals surface area contributed by atoms with E-state index in [9.17, 15) is 33.6 Å². The number of carbonyl (C=O) groups excluding carboxylic acids is 7. The van der Waals surface area contributed by atoms with Gasteiger partial charge >= 0.3 is 5.97 Å². The van der Waals surface area contributed by atoms with Gasteiger partial charge in [0.15, 0.2) is 17.3 Å². The average Bonchev–Trinajstić information content (AvgIpc) is 3.81. The molecule has 4 aromatic rings. The van der Waals surface area contributed by atoms with E-state index in [1.54, 1.807) is 54.6 Å². The predicted octanol–water partition coefficient (Wildman–Crippen LogP) is 4.45. The van der Waals surface area contributed by atoms with Gasteiger partial charge in [0.1, 0.15) is 12.1 Å². The van der Waals surface area contributed by atoms with Crippen LogP contribution in [0.1, 0.15) is 78.9 Å². The van der Waals surface area contributed by atoms with Gasteiger partial charge in [-0.1, -0.05) is 18.2 Å². The molecular formula is C45H51N9O10. The van der Waals surface area contributed by atoms with Gasteiger partial charge < -0.3 is 45.4 Å². The highest BCUT2D eigenvalue weighted by molar-refractivity contribution is 6.15. The molecule has 2 aliphatic heterocycles. The second-order valence-electron chi connectivity index (χ2n) is 15.3. The molecule has 0 radical (unpaired) electrons. The van der Waals surface area contributed by atoms with Crippen LogP contribution in [-0.4, -0.2) is 96.1 Å². The fraction of sp³-hybridized carbons (Fsp3) is 0.356. The molecule has 336 valence electrons.